The molecule has 0 amide bonds. The highest BCUT2D eigenvalue weighted by atomic mass is 28.4. The Balaban J connectivity index is 1.22. The van der Waals surface area contributed by atoms with Gasteiger partial charge in [0.2, 0.25) is 14.2 Å². The van der Waals surface area contributed by atoms with E-state index in [1.807, 2.05) is 32.6 Å². The second-order valence-corrected chi connectivity index (χ2v) is 21.3. The minimum absolute atomic E-state index is 0.189. The van der Waals surface area contributed by atoms with Gasteiger partial charge in [-0.25, -0.2) is 19.9 Å². The first kappa shape index (κ1) is 29.3. The zero-order valence-corrected chi connectivity index (χ0v) is 29.7. The lowest BCUT2D eigenvalue weighted by Crippen LogP contribution is -2.45. The van der Waals surface area contributed by atoms with E-state index in [1.165, 1.54) is 5.19 Å². The molecule has 0 unspecified atom stereocenters. The molecule has 0 N–H and O–H groups in total. The number of hydrogen-bond donors (Lipinski definition) is 0. The molecular weight excluding hydrogens is 637 g/mol. The fraction of sp³-hybridized carbons (Fsp3) is 0.222. The van der Waals surface area contributed by atoms with Crippen LogP contribution in [0.2, 0.25) is 26.2 Å². The van der Waals surface area contributed by atoms with Gasteiger partial charge in [-0.1, -0.05) is 24.3 Å². The Kier molecular flexibility index (Phi) is 6.28. The summed E-state index contributed by atoms with van der Waals surface area (Å²) < 4.78 is 30.2. The second kappa shape index (κ2) is 10.3. The first-order valence-electron chi connectivity index (χ1n) is 16.1. The molecule has 10 nitrogen and oxygen atoms in total. The van der Waals surface area contributed by atoms with Crippen LogP contribution in [-0.4, -0.2) is 45.7 Å². The molecule has 12 heteroatoms. The van der Waals surface area contributed by atoms with Gasteiger partial charge in [0.15, 0.2) is 16.7 Å². The number of oxazole rings is 2. The molecule has 11 rings (SSSR count). The summed E-state index contributed by atoms with van der Waals surface area (Å²) >= 11 is 0. The quantitative estimate of drug-likeness (QED) is 0.162. The maximum absolute atomic E-state index is 6.64. The maximum Gasteiger partial charge on any atom is 0.283 e. The van der Waals surface area contributed by atoms with Gasteiger partial charge in [0, 0.05) is 11.4 Å². The van der Waals surface area contributed by atoms with Gasteiger partial charge in [-0.05, 0) is 98.3 Å². The Morgan fingerprint density at radius 3 is 1.79 bits per heavy atom. The fourth-order valence-corrected chi connectivity index (χ4v) is 9.63. The largest absolute Gasteiger partial charge is 0.442 e. The summed E-state index contributed by atoms with van der Waals surface area (Å²) in [5.74, 6) is 0.499. The van der Waals surface area contributed by atoms with Gasteiger partial charge >= 0.3 is 0 Å². The fourth-order valence-electron chi connectivity index (χ4n) is 6.63. The van der Waals surface area contributed by atoms with E-state index in [-0.39, 0.29) is 6.61 Å². The van der Waals surface area contributed by atoms with E-state index in [0.717, 1.165) is 72.3 Å². The van der Waals surface area contributed by atoms with E-state index in [4.69, 9.17) is 37.6 Å². The van der Waals surface area contributed by atoms with Crippen molar-refractivity contribution in [3.8, 4) is 11.4 Å². The summed E-state index contributed by atoms with van der Waals surface area (Å²) in [6.07, 6.45) is 3.70. The lowest BCUT2D eigenvalue weighted by molar-refractivity contribution is 0.260. The molecule has 0 saturated heterocycles. The van der Waals surface area contributed by atoms with Gasteiger partial charge in [0.25, 0.3) is 8.32 Å². The van der Waals surface area contributed by atoms with Crippen molar-refractivity contribution < 1.29 is 17.7 Å². The summed E-state index contributed by atoms with van der Waals surface area (Å²) in [6, 6.07) is 21.2. The first-order valence-corrected chi connectivity index (χ1v) is 21.9. The van der Waals surface area contributed by atoms with E-state index in [1.54, 1.807) is 0 Å². The van der Waals surface area contributed by atoms with E-state index in [2.05, 4.69) is 89.9 Å². The second-order valence-electron chi connectivity index (χ2n) is 13.6. The van der Waals surface area contributed by atoms with Crippen molar-refractivity contribution in [1.29, 1.82) is 0 Å². The van der Waals surface area contributed by atoms with Crippen molar-refractivity contribution in [2.45, 2.75) is 53.2 Å². The molecule has 240 valence electrons. The minimum Gasteiger partial charge on any atom is -0.442 e. The minimum atomic E-state index is -2.66. The maximum atomic E-state index is 6.64. The van der Waals surface area contributed by atoms with Crippen LogP contribution in [0.3, 0.4) is 0 Å². The number of nitrogens with zero attached hydrogens (tertiary/aromatic N) is 6. The highest BCUT2D eigenvalue weighted by Crippen LogP contribution is 2.32. The summed E-state index contributed by atoms with van der Waals surface area (Å²) in [7, 11) is -4.88. The van der Waals surface area contributed by atoms with Crippen LogP contribution in [-0.2, 0) is 22.1 Å². The van der Waals surface area contributed by atoms with Gasteiger partial charge < -0.3 is 17.7 Å². The van der Waals surface area contributed by atoms with Crippen molar-refractivity contribution in [2.75, 3.05) is 0 Å². The van der Waals surface area contributed by atoms with E-state index < -0.39 is 16.6 Å². The monoisotopic (exact) mass is 670 g/mol. The van der Waals surface area contributed by atoms with Crippen molar-refractivity contribution in [1.82, 2.24) is 29.1 Å². The molecule has 0 aliphatic carbocycles. The summed E-state index contributed by atoms with van der Waals surface area (Å²) in [4.78, 5) is 19.5. The van der Waals surface area contributed by atoms with E-state index >= 15 is 0 Å². The lowest BCUT2D eigenvalue weighted by atomic mass is 10.1. The van der Waals surface area contributed by atoms with Crippen LogP contribution in [0.25, 0.3) is 55.6 Å². The molecule has 0 radical (unpaired) electrons. The standard InChI is InChI=1S/C36H34N6O4Si2/c1-21-15-27-32-30-34(21)45-29(39-30)18-44-48(5,6)36-40-31-33-28(16-22(2)35(31)46-36)38-20-42(33)25-11-13-26(14-12-25)47(3,4)43-17-23-7-9-24(10-8-23)41(32)19-37-27/h7-16,19-20H,17-18H2,1-6H3. The molecule has 0 atom stereocenters. The predicted molar refractivity (Wildman–Crippen MR) is 191 cm³/mol. The van der Waals surface area contributed by atoms with Gasteiger partial charge in [0.1, 0.15) is 41.3 Å². The van der Waals surface area contributed by atoms with Gasteiger partial charge in [-0.15, -0.1) is 0 Å². The van der Waals surface area contributed by atoms with Crippen LogP contribution in [0, 0.1) is 13.8 Å². The molecular formula is C36H34N6O4Si2. The SMILES string of the molecule is Cc1cc2ncn3c2c2nc(oc12)CO[Si](C)(C)c1nc2c(o1)c(C)cc1ncn(c12)-c1ccc(cc1)[Si](C)(C)OCc1ccc-3cc1. The van der Waals surface area contributed by atoms with Crippen LogP contribution in [0.15, 0.2) is 82.2 Å². The summed E-state index contributed by atoms with van der Waals surface area (Å²) in [6.45, 7) is 13.4. The zero-order chi connectivity index (χ0) is 32.9. The zero-order valence-electron chi connectivity index (χ0n) is 27.7. The van der Waals surface area contributed by atoms with Gasteiger partial charge in [-0.2, -0.15) is 0 Å². The van der Waals surface area contributed by atoms with Crippen LogP contribution < -0.4 is 10.7 Å². The molecule has 8 aromatic rings. The summed E-state index contributed by atoms with van der Waals surface area (Å²) in [5.41, 5.74) is 12.2. The number of fused-ring (bicyclic) bond motifs is 2. The molecule has 0 spiro atoms. The summed E-state index contributed by atoms with van der Waals surface area (Å²) in [5, 5.41) is 1.22. The molecule has 48 heavy (non-hydrogen) atoms. The Labute approximate surface area is 278 Å². The third-order valence-electron chi connectivity index (χ3n) is 9.49. The Morgan fingerprint density at radius 2 is 1.17 bits per heavy atom. The predicted octanol–water partition coefficient (Wildman–Crippen LogP) is 6.83. The Morgan fingerprint density at radius 1 is 0.625 bits per heavy atom. The molecule has 0 fully saturated rings. The molecule has 3 aliphatic heterocycles. The number of aromatic nitrogens is 6. The van der Waals surface area contributed by atoms with Crippen LogP contribution in [0.1, 0.15) is 22.6 Å². The number of imidazole rings is 2. The molecule has 3 aliphatic rings. The van der Waals surface area contributed by atoms with Crippen molar-refractivity contribution in [2.24, 2.45) is 0 Å². The Hall–Kier alpha value is -4.89. The van der Waals surface area contributed by atoms with Crippen LogP contribution in [0.4, 0.5) is 0 Å². The topological polar surface area (TPSA) is 106 Å². The molecule has 7 heterocycles. The smallest absolute Gasteiger partial charge is 0.283 e. The first-order chi connectivity index (χ1) is 23.1. The number of benzene rings is 4. The van der Waals surface area contributed by atoms with E-state index in [9.17, 15) is 0 Å². The molecule has 4 aromatic carbocycles. The molecule has 0 saturated carbocycles. The van der Waals surface area contributed by atoms with Crippen molar-refractivity contribution >= 4 is 71.6 Å². The average Bonchev–Trinajstić information content (AvgIpc) is 3.87. The lowest BCUT2D eigenvalue weighted by Gasteiger charge is -2.24. The number of aryl methyl sites for hydroxylation is 2. The highest BCUT2D eigenvalue weighted by molar-refractivity contribution is 6.84. The van der Waals surface area contributed by atoms with Gasteiger partial charge in [0.05, 0.1) is 17.6 Å². The van der Waals surface area contributed by atoms with Crippen LogP contribution >= 0.6 is 0 Å². The third kappa shape index (κ3) is 4.51. The highest BCUT2D eigenvalue weighted by Gasteiger charge is 2.34. The number of hydrogen-bond acceptors (Lipinski definition) is 8. The third-order valence-corrected chi connectivity index (χ3v) is 14.2. The van der Waals surface area contributed by atoms with Crippen LogP contribution in [0.5, 0.6) is 0 Å². The van der Waals surface area contributed by atoms with Gasteiger partial charge in [-0.3, -0.25) is 9.13 Å². The number of rotatable bonds is 0. The molecule has 8 bridgehead atoms. The van der Waals surface area contributed by atoms with E-state index in [0.29, 0.717) is 18.0 Å². The average molecular weight is 671 g/mol. The van der Waals surface area contributed by atoms with Crippen molar-refractivity contribution in [3.63, 3.8) is 0 Å². The van der Waals surface area contributed by atoms with Crippen molar-refractivity contribution in [3.05, 3.63) is 95.9 Å². The molecule has 4 aromatic heterocycles. The normalized spacial score (nSPS) is 16.1. The Bertz CT molecular complexity index is 2540.